The van der Waals surface area contributed by atoms with E-state index in [1.165, 1.54) is 0 Å². The Bertz CT molecular complexity index is 998. The first-order valence-corrected chi connectivity index (χ1v) is 11.7. The van der Waals surface area contributed by atoms with Gasteiger partial charge in [0.25, 0.3) is 5.91 Å². The molecule has 0 spiro atoms. The van der Waals surface area contributed by atoms with Gasteiger partial charge in [-0.2, -0.15) is 0 Å². The van der Waals surface area contributed by atoms with Crippen LogP contribution >= 0.6 is 0 Å². The van der Waals surface area contributed by atoms with E-state index in [4.69, 9.17) is 4.74 Å². The summed E-state index contributed by atoms with van der Waals surface area (Å²) in [6, 6.07) is 5.04. The lowest BCUT2D eigenvalue weighted by atomic mass is 9.92. The molecule has 10 nitrogen and oxygen atoms in total. The molecule has 2 aromatic heterocycles. The van der Waals surface area contributed by atoms with E-state index in [1.807, 2.05) is 42.6 Å². The Morgan fingerprint density at radius 2 is 1.97 bits per heavy atom. The average molecular weight is 475 g/mol. The van der Waals surface area contributed by atoms with Crippen molar-refractivity contribution in [2.45, 2.75) is 45.6 Å². The Labute approximate surface area is 199 Å². The predicted molar refractivity (Wildman–Crippen MR) is 125 cm³/mol. The van der Waals surface area contributed by atoms with Crippen LogP contribution in [0.1, 0.15) is 49.3 Å². The van der Waals surface area contributed by atoms with Crippen LogP contribution in [0.15, 0.2) is 24.4 Å². The minimum absolute atomic E-state index is 0.0775. The van der Waals surface area contributed by atoms with E-state index < -0.39 is 24.0 Å². The van der Waals surface area contributed by atoms with E-state index in [1.54, 1.807) is 12.0 Å². The summed E-state index contributed by atoms with van der Waals surface area (Å²) >= 11 is 0. The molecule has 2 amide bonds. The third kappa shape index (κ3) is 5.85. The van der Waals surface area contributed by atoms with Crippen molar-refractivity contribution in [1.29, 1.82) is 0 Å². The normalized spacial score (nSPS) is 18.4. The molecule has 0 aliphatic carbocycles. The average Bonchev–Trinajstić information content (AvgIpc) is 3.18. The Kier molecular flexibility index (Phi) is 8.49. The van der Waals surface area contributed by atoms with Crippen LogP contribution in [-0.4, -0.2) is 86.8 Å². The number of hydrogen-bond acceptors (Lipinski definition) is 5. The zero-order chi connectivity index (χ0) is 24.8. The van der Waals surface area contributed by atoms with Crippen LogP contribution in [0.25, 0.3) is 5.65 Å². The van der Waals surface area contributed by atoms with Gasteiger partial charge < -0.3 is 29.2 Å². The molecule has 0 saturated carbocycles. The number of piperidine rings is 1. The molecule has 2 atom stereocenters. The first-order chi connectivity index (χ1) is 16.2. The molecule has 1 aliphatic rings. The van der Waals surface area contributed by atoms with Crippen LogP contribution in [0.5, 0.6) is 0 Å². The van der Waals surface area contributed by atoms with Crippen LogP contribution in [0.2, 0.25) is 0 Å². The van der Waals surface area contributed by atoms with Gasteiger partial charge in [-0.1, -0.05) is 19.9 Å². The number of carbonyl (C=O) groups is 3. The van der Waals surface area contributed by atoms with Gasteiger partial charge in [-0.15, -0.1) is 0 Å². The van der Waals surface area contributed by atoms with Crippen molar-refractivity contribution in [1.82, 2.24) is 19.2 Å². The summed E-state index contributed by atoms with van der Waals surface area (Å²) in [5.74, 6) is -2.11. The summed E-state index contributed by atoms with van der Waals surface area (Å²) in [6.45, 7) is 4.95. The number of carboxylic acid groups (broad SMARTS) is 2. The van der Waals surface area contributed by atoms with E-state index in [2.05, 4.69) is 4.98 Å². The molecule has 2 N–H and O–H groups in total. The van der Waals surface area contributed by atoms with Crippen LogP contribution in [0.4, 0.5) is 4.79 Å². The second-order valence-corrected chi connectivity index (χ2v) is 9.25. The number of rotatable bonds is 10. The van der Waals surface area contributed by atoms with Gasteiger partial charge in [-0.3, -0.25) is 9.59 Å². The van der Waals surface area contributed by atoms with Gasteiger partial charge in [0.15, 0.2) is 5.69 Å². The monoisotopic (exact) mass is 474 g/mol. The van der Waals surface area contributed by atoms with Crippen molar-refractivity contribution in [3.63, 3.8) is 0 Å². The highest BCUT2D eigenvalue weighted by Gasteiger charge is 2.39. The van der Waals surface area contributed by atoms with Crippen molar-refractivity contribution in [3.05, 3.63) is 35.8 Å². The first-order valence-electron chi connectivity index (χ1n) is 11.7. The summed E-state index contributed by atoms with van der Waals surface area (Å²) < 4.78 is 7.06. The van der Waals surface area contributed by atoms with Gasteiger partial charge in [-0.05, 0) is 43.7 Å². The molecule has 1 aliphatic heterocycles. The molecule has 1 saturated heterocycles. The standard InChI is InChI=1S/C24H34N4O6/c1-16(2)13-28(18-12-17(23(30)31)14-26(15-18)24(32)33)22(29)21-19(8-5-7-11-34-3)27-10-6-4-9-20(27)25-21/h4,6,9-10,16-18H,5,7-8,11-15H2,1-3H3,(H,30,31)(H,32,33)/t17-,18+/m1/s1. The summed E-state index contributed by atoms with van der Waals surface area (Å²) in [7, 11) is 1.65. The molecule has 2 aromatic rings. The van der Waals surface area contributed by atoms with Gasteiger partial charge in [0.05, 0.1) is 17.7 Å². The molecular formula is C24H34N4O6. The third-order valence-electron chi connectivity index (χ3n) is 6.16. The van der Waals surface area contributed by atoms with Gasteiger partial charge in [0.2, 0.25) is 0 Å². The fourth-order valence-corrected chi connectivity index (χ4v) is 4.56. The number of aliphatic carboxylic acids is 1. The van der Waals surface area contributed by atoms with Crippen molar-refractivity contribution in [3.8, 4) is 0 Å². The second-order valence-electron chi connectivity index (χ2n) is 9.25. The lowest BCUT2D eigenvalue weighted by molar-refractivity contribution is -0.144. The van der Waals surface area contributed by atoms with Crippen LogP contribution < -0.4 is 0 Å². The van der Waals surface area contributed by atoms with E-state index in [0.29, 0.717) is 30.9 Å². The Hall–Kier alpha value is -3.14. The lowest BCUT2D eigenvalue weighted by Gasteiger charge is -2.41. The summed E-state index contributed by atoms with van der Waals surface area (Å²) in [6.07, 6.45) is 3.20. The number of ether oxygens (including phenoxy) is 1. The Morgan fingerprint density at radius 1 is 1.21 bits per heavy atom. The highest BCUT2D eigenvalue weighted by molar-refractivity contribution is 5.95. The number of unbranched alkanes of at least 4 members (excludes halogenated alkanes) is 1. The first kappa shape index (κ1) is 25.5. The zero-order valence-corrected chi connectivity index (χ0v) is 20.0. The zero-order valence-electron chi connectivity index (χ0n) is 20.0. The summed E-state index contributed by atoms with van der Waals surface area (Å²) in [5, 5.41) is 19.2. The molecule has 186 valence electrons. The van der Waals surface area contributed by atoms with Gasteiger partial charge in [-0.25, -0.2) is 9.78 Å². The highest BCUT2D eigenvalue weighted by atomic mass is 16.5. The van der Waals surface area contributed by atoms with E-state index in [0.717, 1.165) is 23.4 Å². The number of imidazole rings is 1. The molecule has 0 unspecified atom stereocenters. The quantitative estimate of drug-likeness (QED) is 0.507. The van der Waals surface area contributed by atoms with E-state index in [-0.39, 0.29) is 31.3 Å². The van der Waals surface area contributed by atoms with Crippen molar-refractivity contribution in [2.24, 2.45) is 11.8 Å². The smallest absolute Gasteiger partial charge is 0.407 e. The number of carboxylic acids is 1. The minimum atomic E-state index is -1.18. The number of hydrogen-bond donors (Lipinski definition) is 2. The Morgan fingerprint density at radius 3 is 2.62 bits per heavy atom. The maximum atomic E-state index is 13.9. The predicted octanol–water partition coefficient (Wildman–Crippen LogP) is 2.85. The number of methoxy groups -OCH3 is 1. The topological polar surface area (TPSA) is 125 Å². The van der Waals surface area contributed by atoms with E-state index in [9.17, 15) is 24.6 Å². The van der Waals surface area contributed by atoms with Crippen molar-refractivity contribution in [2.75, 3.05) is 33.4 Å². The van der Waals surface area contributed by atoms with Crippen LogP contribution in [0.3, 0.4) is 0 Å². The summed E-state index contributed by atoms with van der Waals surface area (Å²) in [4.78, 5) is 44.7. The third-order valence-corrected chi connectivity index (χ3v) is 6.16. The highest BCUT2D eigenvalue weighted by Crippen LogP contribution is 2.26. The number of fused-ring (bicyclic) bond motifs is 1. The Balaban J connectivity index is 1.97. The molecule has 3 heterocycles. The number of pyridine rings is 1. The maximum absolute atomic E-state index is 13.9. The number of aromatic nitrogens is 2. The fraction of sp³-hybridized carbons (Fsp3) is 0.583. The molecule has 0 bridgehead atoms. The number of aryl methyl sites for hydroxylation is 1. The van der Waals surface area contributed by atoms with Crippen molar-refractivity contribution < 1.29 is 29.3 Å². The lowest BCUT2D eigenvalue weighted by Crippen LogP contribution is -2.56. The molecular weight excluding hydrogens is 440 g/mol. The molecule has 10 heteroatoms. The molecule has 0 aromatic carbocycles. The molecule has 0 radical (unpaired) electrons. The number of likely N-dealkylation sites (tertiary alicyclic amines) is 1. The maximum Gasteiger partial charge on any atom is 0.407 e. The molecule has 34 heavy (non-hydrogen) atoms. The summed E-state index contributed by atoms with van der Waals surface area (Å²) in [5.41, 5.74) is 1.80. The molecule has 1 fully saturated rings. The number of nitrogens with zero attached hydrogens (tertiary/aromatic N) is 4. The number of carbonyl (C=O) groups excluding carboxylic acids is 1. The van der Waals surface area contributed by atoms with Gasteiger partial charge in [0.1, 0.15) is 5.65 Å². The van der Waals surface area contributed by atoms with E-state index >= 15 is 0 Å². The SMILES string of the molecule is COCCCCc1c(C(=O)N(CC(C)C)[C@H]2C[C@@H](C(=O)O)CN(C(=O)O)C2)nc2ccccn12. The minimum Gasteiger partial charge on any atom is -0.481 e. The fourth-order valence-electron chi connectivity index (χ4n) is 4.56. The van der Waals surface area contributed by atoms with Crippen molar-refractivity contribution >= 4 is 23.6 Å². The van der Waals surface area contributed by atoms with Gasteiger partial charge in [0, 0.05) is 39.5 Å². The van der Waals surface area contributed by atoms with Crippen LogP contribution in [-0.2, 0) is 16.0 Å². The molecule has 3 rings (SSSR count). The number of amides is 2. The van der Waals surface area contributed by atoms with Gasteiger partial charge >= 0.3 is 12.1 Å². The second kappa shape index (κ2) is 11.3. The largest absolute Gasteiger partial charge is 0.481 e. The van der Waals surface area contributed by atoms with Crippen LogP contribution in [0, 0.1) is 11.8 Å².